The van der Waals surface area contributed by atoms with Crippen LogP contribution in [0.4, 0.5) is 26.3 Å². The van der Waals surface area contributed by atoms with Gasteiger partial charge in [0.2, 0.25) is 5.82 Å². The highest BCUT2D eigenvalue weighted by atomic mass is 35.5. The molecular weight excluding hydrogens is 314 g/mol. The van der Waals surface area contributed by atoms with E-state index in [1.807, 2.05) is 0 Å². The normalized spacial score (nSPS) is 12.8. The number of benzene rings is 1. The Kier molecular flexibility index (Phi) is 3.41. The molecule has 108 valence electrons. The summed E-state index contributed by atoms with van der Waals surface area (Å²) in [5.41, 5.74) is -3.44. The van der Waals surface area contributed by atoms with E-state index in [0.717, 1.165) is 0 Å². The number of hydrogen-bond donors (Lipinski definition) is 0. The summed E-state index contributed by atoms with van der Waals surface area (Å²) in [5, 5.41) is 2.69. The van der Waals surface area contributed by atoms with Crippen molar-refractivity contribution in [3.05, 3.63) is 34.7 Å². The van der Waals surface area contributed by atoms with Crippen molar-refractivity contribution in [3.8, 4) is 11.4 Å². The van der Waals surface area contributed by atoms with Gasteiger partial charge in [0.25, 0.3) is 0 Å². The van der Waals surface area contributed by atoms with E-state index in [4.69, 9.17) is 11.6 Å². The van der Waals surface area contributed by atoms with Crippen LogP contribution in [0, 0.1) is 0 Å². The maximum atomic E-state index is 12.6. The second-order valence-corrected chi connectivity index (χ2v) is 3.99. The van der Waals surface area contributed by atoms with Crippen molar-refractivity contribution in [1.29, 1.82) is 0 Å². The predicted octanol–water partition coefficient (Wildman–Crippen LogP) is 4.43. The van der Waals surface area contributed by atoms with Crippen molar-refractivity contribution in [1.82, 2.24) is 10.1 Å². The molecule has 0 radical (unpaired) electrons. The summed E-state index contributed by atoms with van der Waals surface area (Å²) in [6, 6.07) is 0.970. The van der Waals surface area contributed by atoms with Gasteiger partial charge in [0.1, 0.15) is 0 Å². The molecule has 20 heavy (non-hydrogen) atoms. The van der Waals surface area contributed by atoms with Gasteiger partial charge in [-0.1, -0.05) is 5.16 Å². The largest absolute Gasteiger partial charge is 0.416 e. The quantitative estimate of drug-likeness (QED) is 0.731. The molecule has 0 atom stereocenters. The molecule has 2 aromatic rings. The summed E-state index contributed by atoms with van der Waals surface area (Å²) in [6.45, 7) is 0. The van der Waals surface area contributed by atoms with Gasteiger partial charge in [0.15, 0.2) is 0 Å². The third-order valence-corrected chi connectivity index (χ3v) is 2.40. The van der Waals surface area contributed by atoms with Gasteiger partial charge in [0, 0.05) is 5.56 Å². The molecule has 0 saturated carbocycles. The first-order chi connectivity index (χ1) is 9.07. The van der Waals surface area contributed by atoms with Crippen molar-refractivity contribution in [2.75, 3.05) is 0 Å². The van der Waals surface area contributed by atoms with Gasteiger partial charge in [-0.15, -0.1) is 0 Å². The van der Waals surface area contributed by atoms with Crippen molar-refractivity contribution < 1.29 is 30.9 Å². The zero-order valence-corrected chi connectivity index (χ0v) is 9.94. The Balaban J connectivity index is 2.63. The average molecular weight is 317 g/mol. The van der Waals surface area contributed by atoms with Gasteiger partial charge in [-0.05, 0) is 29.8 Å². The first-order valence-corrected chi connectivity index (χ1v) is 5.24. The Morgan fingerprint density at radius 3 is 1.75 bits per heavy atom. The second kappa shape index (κ2) is 4.65. The third kappa shape index (κ3) is 3.03. The molecule has 3 nitrogen and oxygen atoms in total. The lowest BCUT2D eigenvalue weighted by molar-refractivity contribution is -0.143. The Labute approximate surface area is 112 Å². The summed E-state index contributed by atoms with van der Waals surface area (Å²) >= 11 is 5.28. The maximum Gasteiger partial charge on any atom is 0.416 e. The van der Waals surface area contributed by atoms with E-state index in [9.17, 15) is 26.3 Å². The van der Waals surface area contributed by atoms with Crippen LogP contribution in [0.15, 0.2) is 22.7 Å². The van der Waals surface area contributed by atoms with Crippen LogP contribution >= 0.6 is 11.6 Å². The van der Waals surface area contributed by atoms with Gasteiger partial charge in [-0.2, -0.15) is 31.3 Å². The smallest absolute Gasteiger partial charge is 0.321 e. The summed E-state index contributed by atoms with van der Waals surface area (Å²) in [6.07, 6.45) is -9.88. The van der Waals surface area contributed by atoms with Gasteiger partial charge >= 0.3 is 17.7 Å². The van der Waals surface area contributed by atoms with E-state index in [-0.39, 0.29) is 6.07 Å². The number of hydrogen-bond acceptors (Lipinski definition) is 3. The minimum Gasteiger partial charge on any atom is -0.321 e. The molecule has 0 amide bonds. The highest BCUT2D eigenvalue weighted by molar-refractivity contribution is 6.27. The lowest BCUT2D eigenvalue weighted by Crippen LogP contribution is -2.11. The highest BCUT2D eigenvalue weighted by Crippen LogP contribution is 2.38. The van der Waals surface area contributed by atoms with Crippen LogP contribution in [0.1, 0.15) is 11.1 Å². The van der Waals surface area contributed by atoms with Gasteiger partial charge in [0.05, 0.1) is 11.1 Å². The third-order valence-electron chi connectivity index (χ3n) is 2.25. The van der Waals surface area contributed by atoms with E-state index in [0.29, 0.717) is 12.1 Å². The molecule has 1 aromatic carbocycles. The molecule has 0 bridgehead atoms. The standard InChI is InChI=1S/C10H3ClF6N2O/c11-8-18-7(19-20-8)4-1-5(9(12,13)14)3-6(2-4)10(15,16)17/h1-3H. The molecule has 1 aromatic heterocycles. The lowest BCUT2D eigenvalue weighted by atomic mass is 10.0. The second-order valence-electron chi connectivity index (χ2n) is 3.67. The fourth-order valence-corrected chi connectivity index (χ4v) is 1.52. The minimum absolute atomic E-state index is 0.00515. The molecule has 0 saturated heterocycles. The molecule has 0 unspecified atom stereocenters. The fraction of sp³-hybridized carbons (Fsp3) is 0.200. The molecule has 0 fully saturated rings. The molecular formula is C10H3ClF6N2O. The number of alkyl halides is 6. The Bertz CT molecular complexity index is 601. The van der Waals surface area contributed by atoms with Crippen LogP contribution in [0.25, 0.3) is 11.4 Å². The molecule has 1 heterocycles. The predicted molar refractivity (Wildman–Crippen MR) is 54.7 cm³/mol. The molecule has 0 aliphatic rings. The fourth-order valence-electron chi connectivity index (χ4n) is 1.41. The van der Waals surface area contributed by atoms with Crippen LogP contribution in [0.2, 0.25) is 5.35 Å². The topological polar surface area (TPSA) is 38.9 Å². The van der Waals surface area contributed by atoms with Gasteiger partial charge in [-0.3, -0.25) is 0 Å². The van der Waals surface area contributed by atoms with E-state index < -0.39 is 40.2 Å². The monoisotopic (exact) mass is 316 g/mol. The Morgan fingerprint density at radius 1 is 0.900 bits per heavy atom. The van der Waals surface area contributed by atoms with E-state index in [2.05, 4.69) is 14.7 Å². The van der Waals surface area contributed by atoms with Crippen LogP contribution in [-0.4, -0.2) is 10.1 Å². The Morgan fingerprint density at radius 2 is 1.40 bits per heavy atom. The number of rotatable bonds is 1. The summed E-state index contributed by atoms with van der Waals surface area (Å²) in [5.74, 6) is -0.466. The number of aromatic nitrogens is 2. The van der Waals surface area contributed by atoms with Crippen molar-refractivity contribution >= 4 is 11.6 Å². The Hall–Kier alpha value is -1.77. The summed E-state index contributed by atoms with van der Waals surface area (Å²) in [7, 11) is 0. The van der Waals surface area contributed by atoms with Crippen molar-refractivity contribution in [2.24, 2.45) is 0 Å². The van der Waals surface area contributed by atoms with E-state index in [1.54, 1.807) is 0 Å². The van der Waals surface area contributed by atoms with Crippen LogP contribution in [0.5, 0.6) is 0 Å². The van der Waals surface area contributed by atoms with Crippen LogP contribution in [0.3, 0.4) is 0 Å². The number of halogens is 7. The maximum absolute atomic E-state index is 12.6. The van der Waals surface area contributed by atoms with Gasteiger partial charge in [-0.25, -0.2) is 0 Å². The molecule has 0 aliphatic heterocycles. The minimum atomic E-state index is -4.94. The zero-order valence-electron chi connectivity index (χ0n) is 9.18. The van der Waals surface area contributed by atoms with Crippen LogP contribution in [-0.2, 0) is 12.4 Å². The van der Waals surface area contributed by atoms with E-state index >= 15 is 0 Å². The number of nitrogens with zero attached hydrogens (tertiary/aromatic N) is 2. The average Bonchev–Trinajstić information content (AvgIpc) is 2.73. The molecule has 0 spiro atoms. The first kappa shape index (κ1) is 14.6. The summed E-state index contributed by atoms with van der Waals surface area (Å²) in [4.78, 5) is 3.38. The first-order valence-electron chi connectivity index (χ1n) is 4.86. The zero-order chi connectivity index (χ0) is 15.1. The molecule has 10 heteroatoms. The molecule has 0 N–H and O–H groups in total. The molecule has 2 rings (SSSR count). The van der Waals surface area contributed by atoms with Crippen molar-refractivity contribution in [2.45, 2.75) is 12.4 Å². The SMILES string of the molecule is FC(F)(F)c1cc(-c2noc(Cl)n2)cc(C(F)(F)F)c1. The highest BCUT2D eigenvalue weighted by Gasteiger charge is 2.37. The van der Waals surface area contributed by atoms with Crippen molar-refractivity contribution in [3.63, 3.8) is 0 Å². The molecule has 0 aliphatic carbocycles. The van der Waals surface area contributed by atoms with Crippen LogP contribution < -0.4 is 0 Å². The lowest BCUT2D eigenvalue weighted by Gasteiger charge is -2.12. The van der Waals surface area contributed by atoms with E-state index in [1.165, 1.54) is 0 Å². The summed E-state index contributed by atoms with van der Waals surface area (Å²) < 4.78 is 79.9. The van der Waals surface area contributed by atoms with Gasteiger partial charge < -0.3 is 4.52 Å².